The maximum Gasteiger partial charge on any atom is 0.119 e. The average Bonchev–Trinajstić information content (AvgIpc) is 4.15. The van der Waals surface area contributed by atoms with Gasteiger partial charge in [-0.05, 0) is 138 Å². The lowest BCUT2D eigenvalue weighted by molar-refractivity contribution is 0.304. The van der Waals surface area contributed by atoms with E-state index < -0.39 is 0 Å². The molecule has 0 aliphatic carbocycles. The van der Waals surface area contributed by atoms with Crippen LogP contribution in [0.1, 0.15) is 74.1 Å². The van der Waals surface area contributed by atoms with Crippen molar-refractivity contribution in [1.82, 2.24) is 19.9 Å². The lowest BCUT2D eigenvalue weighted by atomic mass is 10.0. The van der Waals surface area contributed by atoms with Crippen molar-refractivity contribution in [2.24, 2.45) is 0 Å². The molecule has 0 amide bonds. The smallest absolute Gasteiger partial charge is 0.119 e. The maximum atomic E-state index is 10.3. The summed E-state index contributed by atoms with van der Waals surface area (Å²) in [6, 6.07) is 38.0. The molecule has 5 heterocycles. The minimum absolute atomic E-state index is 0.172. The van der Waals surface area contributed by atoms with E-state index in [1.165, 1.54) is 38.5 Å². The molecule has 2 aliphatic heterocycles. The van der Waals surface area contributed by atoms with Crippen LogP contribution < -0.4 is 4.74 Å². The number of aromatic nitrogens is 4. The Morgan fingerprint density at radius 3 is 1.02 bits per heavy atom. The van der Waals surface area contributed by atoms with E-state index in [4.69, 9.17) is 14.7 Å². The zero-order valence-corrected chi connectivity index (χ0v) is 35.9. The molecule has 316 valence electrons. The van der Waals surface area contributed by atoms with Gasteiger partial charge in [0.2, 0.25) is 0 Å². The van der Waals surface area contributed by atoms with Gasteiger partial charge in [-0.2, -0.15) is 12.6 Å². The summed E-state index contributed by atoms with van der Waals surface area (Å²) in [5.74, 6) is 2.34. The number of aromatic hydroxyl groups is 3. The molecule has 0 fully saturated rings. The molecule has 0 saturated heterocycles. The van der Waals surface area contributed by atoms with Gasteiger partial charge in [0.05, 0.1) is 29.4 Å². The van der Waals surface area contributed by atoms with E-state index in [0.717, 1.165) is 114 Å². The highest BCUT2D eigenvalue weighted by molar-refractivity contribution is 7.80. The Hall–Kier alpha value is -6.97. The first kappa shape index (κ1) is 41.4. The van der Waals surface area contributed by atoms with Crippen molar-refractivity contribution in [3.8, 4) is 67.5 Å². The zero-order chi connectivity index (χ0) is 43.1. The van der Waals surface area contributed by atoms with Crippen LogP contribution in [0.5, 0.6) is 23.0 Å². The number of unbranched alkanes of at least 4 members (excludes halogenated alkanes) is 7. The standard InChI is InChI=1S/C54H50N4O4S/c59-39-17-9-35(10-18-39)51-43-25-27-45(55-43)52(36-11-19-40(60)20-12-36)47-29-31-49(57-47)54(38-15-23-42(24-16-38)62-33-7-5-3-1-2-4-6-8-34-63)50-32-30-48(58-50)53(46-28-26-44(51)56-46)37-13-21-41(61)22-14-37/h9-32,55,58-61,63H,1-8,33-34H2. The van der Waals surface area contributed by atoms with Gasteiger partial charge in [-0.3, -0.25) is 0 Å². The summed E-state index contributed by atoms with van der Waals surface area (Å²) in [4.78, 5) is 18.1. The van der Waals surface area contributed by atoms with Crippen LogP contribution >= 0.6 is 12.6 Å². The number of H-pyrrole nitrogens is 2. The van der Waals surface area contributed by atoms with Gasteiger partial charge in [0, 0.05) is 44.3 Å². The summed E-state index contributed by atoms with van der Waals surface area (Å²) in [5, 5.41) is 30.9. The van der Waals surface area contributed by atoms with E-state index in [9.17, 15) is 15.3 Å². The predicted octanol–water partition coefficient (Wildman–Crippen LogP) is 13.9. The number of phenolic OH excluding ortho intramolecular Hbond substituents is 3. The fourth-order valence-corrected chi connectivity index (χ4v) is 8.71. The number of hydrogen-bond acceptors (Lipinski definition) is 7. The summed E-state index contributed by atoms with van der Waals surface area (Å²) in [5.41, 5.74) is 13.5. The van der Waals surface area contributed by atoms with Gasteiger partial charge in [0.1, 0.15) is 23.0 Å². The molecule has 63 heavy (non-hydrogen) atoms. The number of ether oxygens (including phenoxy) is 1. The van der Waals surface area contributed by atoms with Gasteiger partial charge >= 0.3 is 0 Å². The van der Waals surface area contributed by atoms with Gasteiger partial charge in [0.15, 0.2) is 0 Å². The maximum absolute atomic E-state index is 10.3. The molecule has 4 aromatic carbocycles. The van der Waals surface area contributed by atoms with Gasteiger partial charge in [-0.1, -0.05) is 87.1 Å². The molecule has 0 unspecified atom stereocenters. The Morgan fingerprint density at radius 1 is 0.381 bits per heavy atom. The second-order valence-electron chi connectivity index (χ2n) is 16.1. The number of nitrogens with zero attached hydrogens (tertiary/aromatic N) is 2. The molecule has 3 aromatic heterocycles. The highest BCUT2D eigenvalue weighted by Gasteiger charge is 2.19. The normalized spacial score (nSPS) is 12.0. The number of nitrogens with one attached hydrogen (secondary N) is 2. The number of hydrogen-bond donors (Lipinski definition) is 6. The van der Waals surface area contributed by atoms with Crippen LogP contribution in [0.15, 0.2) is 121 Å². The van der Waals surface area contributed by atoms with Crippen LogP contribution in [0.2, 0.25) is 0 Å². The molecule has 8 nitrogen and oxygen atoms in total. The Morgan fingerprint density at radius 2 is 0.683 bits per heavy atom. The summed E-state index contributed by atoms with van der Waals surface area (Å²) in [6.07, 6.45) is 17.9. The number of fused-ring (bicyclic) bond motifs is 8. The van der Waals surface area contributed by atoms with Crippen molar-refractivity contribution in [2.75, 3.05) is 12.4 Å². The fraction of sp³-hybridized carbons (Fsp3) is 0.185. The van der Waals surface area contributed by atoms with Crippen LogP contribution in [0.4, 0.5) is 0 Å². The second kappa shape index (κ2) is 19.0. The molecule has 5 N–H and O–H groups in total. The van der Waals surface area contributed by atoms with Crippen molar-refractivity contribution < 1.29 is 20.1 Å². The topological polar surface area (TPSA) is 127 Å². The number of benzene rings is 4. The largest absolute Gasteiger partial charge is 0.508 e. The first-order chi connectivity index (χ1) is 30.9. The van der Waals surface area contributed by atoms with Crippen LogP contribution in [0, 0.1) is 0 Å². The Kier molecular flexibility index (Phi) is 12.5. The molecule has 9 rings (SSSR count). The summed E-state index contributed by atoms with van der Waals surface area (Å²) in [7, 11) is 0. The predicted molar refractivity (Wildman–Crippen MR) is 262 cm³/mol. The lowest BCUT2D eigenvalue weighted by Gasteiger charge is -2.09. The third kappa shape index (κ3) is 9.30. The number of aromatic amines is 2. The summed E-state index contributed by atoms with van der Waals surface area (Å²) in [6.45, 7) is 0.682. The van der Waals surface area contributed by atoms with Crippen LogP contribution in [-0.2, 0) is 0 Å². The first-order valence-corrected chi connectivity index (χ1v) is 22.4. The molecule has 0 radical (unpaired) electrons. The van der Waals surface area contributed by atoms with E-state index in [0.29, 0.717) is 6.61 Å². The van der Waals surface area contributed by atoms with Gasteiger partial charge in [0.25, 0.3) is 0 Å². The Bertz CT molecular complexity index is 2910. The SMILES string of the molecule is Oc1ccc(-c2c3nc(c(-c4ccc(O)cc4)c4ccc([nH]4)c(-c4ccc(OCCCCCCCCCCS)cc4)c4nc(c(-c5ccc(O)cc5)c5ccc2[nH]5)C=C4)C=C3)cc1. The zero-order valence-electron chi connectivity index (χ0n) is 35.0. The van der Waals surface area contributed by atoms with Crippen molar-refractivity contribution in [1.29, 1.82) is 0 Å². The Balaban J connectivity index is 1.21. The summed E-state index contributed by atoms with van der Waals surface area (Å²) < 4.78 is 6.23. The number of rotatable bonds is 15. The monoisotopic (exact) mass is 850 g/mol. The molecule has 0 saturated carbocycles. The second-order valence-corrected chi connectivity index (χ2v) is 16.5. The molecule has 7 aromatic rings. The van der Waals surface area contributed by atoms with Gasteiger partial charge in [-0.25, -0.2) is 9.97 Å². The van der Waals surface area contributed by atoms with E-state index in [1.54, 1.807) is 36.4 Å². The van der Waals surface area contributed by atoms with Gasteiger partial charge in [-0.15, -0.1) is 0 Å². The molecule has 0 atom stereocenters. The number of phenols is 3. The molecular formula is C54H50N4O4S. The van der Waals surface area contributed by atoms with Crippen molar-refractivity contribution in [3.05, 3.63) is 144 Å². The number of thiol groups is 1. The highest BCUT2D eigenvalue weighted by atomic mass is 32.1. The fourth-order valence-electron chi connectivity index (χ4n) is 8.49. The van der Waals surface area contributed by atoms with Crippen molar-refractivity contribution in [2.45, 2.75) is 51.4 Å². The molecular weight excluding hydrogens is 801 g/mol. The third-order valence-electron chi connectivity index (χ3n) is 11.7. The minimum atomic E-state index is 0.172. The third-order valence-corrected chi connectivity index (χ3v) is 12.0. The average molecular weight is 851 g/mol. The van der Waals surface area contributed by atoms with E-state index in [2.05, 4.69) is 59.0 Å². The molecule has 2 aliphatic rings. The van der Waals surface area contributed by atoms with Crippen LogP contribution in [-0.4, -0.2) is 47.6 Å². The molecule has 8 bridgehead atoms. The quantitative estimate of drug-likeness (QED) is 0.0450. The first-order valence-electron chi connectivity index (χ1n) is 21.8. The van der Waals surface area contributed by atoms with Crippen molar-refractivity contribution >= 4 is 59.0 Å². The lowest BCUT2D eigenvalue weighted by Crippen LogP contribution is -1.97. The molecule has 9 heteroatoms. The minimum Gasteiger partial charge on any atom is -0.508 e. The van der Waals surface area contributed by atoms with E-state index in [-0.39, 0.29) is 17.2 Å². The van der Waals surface area contributed by atoms with E-state index in [1.807, 2.05) is 72.8 Å². The molecule has 0 spiro atoms. The van der Waals surface area contributed by atoms with E-state index >= 15 is 0 Å². The highest BCUT2D eigenvalue weighted by Crippen LogP contribution is 2.39. The van der Waals surface area contributed by atoms with Gasteiger partial charge < -0.3 is 30.0 Å². The van der Waals surface area contributed by atoms with Crippen molar-refractivity contribution in [3.63, 3.8) is 0 Å². The van der Waals surface area contributed by atoms with Crippen LogP contribution in [0.3, 0.4) is 0 Å². The summed E-state index contributed by atoms with van der Waals surface area (Å²) >= 11 is 4.32. The Labute approximate surface area is 372 Å². The van der Waals surface area contributed by atoms with Crippen LogP contribution in [0.25, 0.3) is 90.9 Å².